The van der Waals surface area contributed by atoms with Gasteiger partial charge in [0.2, 0.25) is 0 Å². The van der Waals surface area contributed by atoms with E-state index in [2.05, 4.69) is 130 Å². The second kappa shape index (κ2) is 13.7. The van der Waals surface area contributed by atoms with Crippen LogP contribution >= 0.6 is 27.2 Å². The molecule has 0 heterocycles. The van der Waals surface area contributed by atoms with Crippen LogP contribution in [0.5, 0.6) is 5.75 Å². The molecule has 0 saturated heterocycles. The second-order valence-electron chi connectivity index (χ2n) is 9.57. The molecule has 1 atom stereocenters. The summed E-state index contributed by atoms with van der Waals surface area (Å²) in [7, 11) is 10.2. The molecule has 0 bridgehead atoms. The van der Waals surface area contributed by atoms with Crippen molar-refractivity contribution >= 4 is 49.2 Å². The van der Waals surface area contributed by atoms with Gasteiger partial charge >= 0.3 is 35.6 Å². The first kappa shape index (κ1) is 28.8. The Kier molecular flexibility index (Phi) is 10.9. The quantitative estimate of drug-likeness (QED) is 0.186. The molecule has 186 valence electrons. The molecule has 0 aliphatic rings. The van der Waals surface area contributed by atoms with Crippen molar-refractivity contribution in [2.24, 2.45) is 0 Å². The van der Waals surface area contributed by atoms with Crippen molar-refractivity contribution in [3.8, 4) is 5.75 Å². The number of hydrogen-bond acceptors (Lipinski definition) is 2. The van der Waals surface area contributed by atoms with Crippen LogP contribution in [0.2, 0.25) is 0 Å². The van der Waals surface area contributed by atoms with E-state index in [9.17, 15) is 5.11 Å². The van der Waals surface area contributed by atoms with Crippen LogP contribution in [0, 0.1) is 6.92 Å². The number of hydrogen-bond donors (Lipinski definition) is 1. The van der Waals surface area contributed by atoms with Gasteiger partial charge in [0.1, 0.15) is 5.75 Å². The van der Waals surface area contributed by atoms with Gasteiger partial charge in [0, 0.05) is 28.8 Å². The predicted octanol–water partition coefficient (Wildman–Crippen LogP) is 8.34. The molecule has 2 nitrogen and oxygen atoms in total. The first-order valence-corrected chi connectivity index (χ1v) is 17.1. The molecular formula is C30H32Cl2NOPTi. The average molecular weight is 572 g/mol. The summed E-state index contributed by atoms with van der Waals surface area (Å²) in [6, 6.07) is 33.9. The Balaban J connectivity index is 0.00000115. The number of aryl methyl sites for hydroxylation is 1. The van der Waals surface area contributed by atoms with Crippen LogP contribution in [-0.2, 0) is 29.0 Å². The van der Waals surface area contributed by atoms with Crippen molar-refractivity contribution in [1.82, 2.24) is 0 Å². The van der Waals surface area contributed by atoms with E-state index < -0.39 is 17.0 Å². The molecule has 0 radical (unpaired) electrons. The minimum absolute atomic E-state index is 0.105. The maximum atomic E-state index is 11.1. The number of anilines is 2. The Morgan fingerprint density at radius 2 is 1.28 bits per heavy atom. The monoisotopic (exact) mass is 571 g/mol. The summed E-state index contributed by atoms with van der Waals surface area (Å²) in [4.78, 5) is 2.35. The Morgan fingerprint density at radius 1 is 0.778 bits per heavy atom. The van der Waals surface area contributed by atoms with E-state index in [4.69, 9.17) is 18.6 Å². The zero-order valence-electron chi connectivity index (χ0n) is 21.1. The summed E-state index contributed by atoms with van der Waals surface area (Å²) in [5, 5.41) is 13.4. The third-order valence-corrected chi connectivity index (χ3v) is 7.22. The van der Waals surface area contributed by atoms with Gasteiger partial charge in [-0.3, -0.25) is 0 Å². The van der Waals surface area contributed by atoms with Crippen LogP contribution in [0.15, 0.2) is 97.1 Å². The van der Waals surface area contributed by atoms with Crippen molar-refractivity contribution < 1.29 is 22.1 Å². The molecular weight excluding hydrogens is 540 g/mol. The molecule has 4 rings (SSSR count). The molecule has 0 aliphatic carbocycles. The predicted molar refractivity (Wildman–Crippen MR) is 156 cm³/mol. The van der Waals surface area contributed by atoms with E-state index in [1.165, 1.54) is 16.4 Å². The third-order valence-electron chi connectivity index (χ3n) is 5.81. The summed E-state index contributed by atoms with van der Waals surface area (Å²) in [6.07, 6.45) is 0. The van der Waals surface area contributed by atoms with Gasteiger partial charge < -0.3 is 10.0 Å². The van der Waals surface area contributed by atoms with Crippen LogP contribution in [-0.4, -0.2) is 5.11 Å². The fourth-order valence-electron chi connectivity index (χ4n) is 4.09. The first-order chi connectivity index (χ1) is 17.2. The normalized spacial score (nSPS) is 11.2. The number of phenols is 1. The van der Waals surface area contributed by atoms with Gasteiger partial charge in [-0.05, 0) is 59.1 Å². The van der Waals surface area contributed by atoms with Crippen molar-refractivity contribution in [3.63, 3.8) is 0 Å². The molecule has 36 heavy (non-hydrogen) atoms. The van der Waals surface area contributed by atoms with Crippen LogP contribution < -0.4 is 15.5 Å². The zero-order valence-corrected chi connectivity index (χ0v) is 25.2. The molecule has 1 unspecified atom stereocenters. The molecule has 6 heteroatoms. The molecule has 4 aromatic carbocycles. The van der Waals surface area contributed by atoms with Gasteiger partial charge in [0.25, 0.3) is 0 Å². The van der Waals surface area contributed by atoms with Crippen molar-refractivity contribution in [2.75, 3.05) is 4.90 Å². The van der Waals surface area contributed by atoms with Crippen molar-refractivity contribution in [1.29, 1.82) is 0 Å². The standard InChI is InChI=1S/C30H32NOP.2ClH.Ti/c1-22-19-26(30(2,3)4)29(32)28(20-22)33-27-18-12-11-13-23(27)21-31(24-14-7-5-8-15-24)25-16-9-6-10-17-25;;;/h5-20,32-33H,21H2,1-4H3;2*1H;/q;;;+2/p-2. The SMILES string of the molecule is Cc1cc(Pc2ccccc2CN(c2ccccc2)c2ccccc2)c(O)c(C(C)(C)C)c1.[Cl][Ti][Cl]. The van der Waals surface area contributed by atoms with Gasteiger partial charge in [-0.2, -0.15) is 0 Å². The minimum atomic E-state index is -0.556. The van der Waals surface area contributed by atoms with E-state index >= 15 is 0 Å². The molecule has 0 aliphatic heterocycles. The topological polar surface area (TPSA) is 23.5 Å². The average Bonchev–Trinajstić information content (AvgIpc) is 2.86. The number of aromatic hydroxyl groups is 1. The molecule has 0 fully saturated rings. The van der Waals surface area contributed by atoms with Crippen LogP contribution in [0.1, 0.15) is 37.5 Å². The van der Waals surface area contributed by atoms with Crippen molar-refractivity contribution in [2.45, 2.75) is 39.7 Å². The number of benzene rings is 4. The van der Waals surface area contributed by atoms with Gasteiger partial charge in [0.15, 0.2) is 0 Å². The number of phenolic OH excluding ortho intramolecular Hbond substituents is 1. The van der Waals surface area contributed by atoms with E-state index in [-0.39, 0.29) is 5.41 Å². The molecule has 1 N–H and O–H groups in total. The van der Waals surface area contributed by atoms with E-state index in [0.29, 0.717) is 14.3 Å². The van der Waals surface area contributed by atoms with Gasteiger partial charge in [-0.15, -0.1) is 0 Å². The summed E-state index contributed by atoms with van der Waals surface area (Å²) < 4.78 is 0. The number of halogens is 2. The Morgan fingerprint density at radius 3 is 1.81 bits per heavy atom. The Bertz CT molecular complexity index is 1210. The van der Waals surface area contributed by atoms with Gasteiger partial charge in [-0.1, -0.05) is 96.1 Å². The number of rotatable bonds is 6. The van der Waals surface area contributed by atoms with Crippen molar-refractivity contribution in [3.05, 3.63) is 114 Å². The summed E-state index contributed by atoms with van der Waals surface area (Å²) in [5.41, 5.74) is 5.68. The van der Waals surface area contributed by atoms with E-state index in [0.717, 1.165) is 28.8 Å². The van der Waals surface area contributed by atoms with Crippen LogP contribution in [0.4, 0.5) is 11.4 Å². The first-order valence-electron chi connectivity index (χ1n) is 11.8. The molecule has 4 aromatic rings. The van der Waals surface area contributed by atoms with Crippen LogP contribution in [0.25, 0.3) is 0 Å². The second-order valence-corrected chi connectivity index (χ2v) is 13.5. The molecule has 0 aromatic heterocycles. The Hall–Kier alpha value is -1.80. The van der Waals surface area contributed by atoms with Gasteiger partial charge in [-0.25, -0.2) is 0 Å². The van der Waals surface area contributed by atoms with E-state index in [1.54, 1.807) is 0 Å². The zero-order chi connectivity index (χ0) is 26.1. The maximum absolute atomic E-state index is 11.1. The van der Waals surface area contributed by atoms with E-state index in [1.807, 2.05) is 0 Å². The third kappa shape index (κ3) is 7.85. The molecule has 0 amide bonds. The molecule has 0 spiro atoms. The summed E-state index contributed by atoms with van der Waals surface area (Å²) >= 11 is -0.556. The fourth-order valence-corrected chi connectivity index (χ4v) is 5.43. The Labute approximate surface area is 234 Å². The van der Waals surface area contributed by atoms with Gasteiger partial charge in [0.05, 0.1) is 0 Å². The fraction of sp³-hybridized carbons (Fsp3) is 0.200. The number of nitrogens with zero attached hydrogens (tertiary/aromatic N) is 1. The van der Waals surface area contributed by atoms with Crippen LogP contribution in [0.3, 0.4) is 0 Å². The molecule has 0 saturated carbocycles. The number of para-hydroxylation sites is 2. The summed E-state index contributed by atoms with van der Waals surface area (Å²) in [6.45, 7) is 9.33. The summed E-state index contributed by atoms with van der Waals surface area (Å²) in [5.74, 6) is 0.434.